The van der Waals surface area contributed by atoms with Crippen LogP contribution in [-0.4, -0.2) is 39.5 Å². The van der Waals surface area contributed by atoms with Crippen LogP contribution in [0, 0.1) is 0 Å². The maximum Gasteiger partial charge on any atom is 0.416 e. The normalized spacial score (nSPS) is 19.7. The van der Waals surface area contributed by atoms with Gasteiger partial charge in [-0.05, 0) is 29.3 Å². The van der Waals surface area contributed by atoms with E-state index in [1.807, 2.05) is 4.90 Å². The van der Waals surface area contributed by atoms with Gasteiger partial charge in [-0.3, -0.25) is 9.88 Å². The van der Waals surface area contributed by atoms with Crippen LogP contribution in [0.25, 0.3) is 0 Å². The Morgan fingerprint density at radius 3 is 2.26 bits per heavy atom. The Labute approximate surface area is 194 Å². The number of aromatic amines is 2. The minimum Gasteiger partial charge on any atom is -0.349 e. The smallest absolute Gasteiger partial charge is 0.349 e. The average molecular weight is 502 g/mol. The van der Waals surface area contributed by atoms with Crippen LogP contribution >= 0.6 is 0 Å². The molecule has 4 rings (SSSR count). The van der Waals surface area contributed by atoms with Crippen LogP contribution in [0.2, 0.25) is 0 Å². The molecule has 2 atom stereocenters. The lowest BCUT2D eigenvalue weighted by Gasteiger charge is -2.40. The number of rotatable bonds is 6. The monoisotopic (exact) mass is 502 g/mol. The number of alkyl halides is 6. The molecule has 1 aliphatic heterocycles. The van der Waals surface area contributed by atoms with E-state index in [1.165, 1.54) is 0 Å². The Kier molecular flexibility index (Phi) is 7.01. The lowest BCUT2D eigenvalue weighted by molar-refractivity contribution is -0.218. The highest BCUT2D eigenvalue weighted by Crippen LogP contribution is 2.37. The number of nitrogens with one attached hydrogen (secondary N) is 2. The zero-order valence-electron chi connectivity index (χ0n) is 18.0. The molecule has 35 heavy (non-hydrogen) atoms. The number of nitrogens with zero attached hydrogens (tertiary/aromatic N) is 2. The first-order chi connectivity index (χ1) is 16.5. The van der Waals surface area contributed by atoms with E-state index in [2.05, 4.69) is 15.2 Å². The second-order valence-electron chi connectivity index (χ2n) is 7.91. The van der Waals surface area contributed by atoms with Gasteiger partial charge in [0.25, 0.3) is 0 Å². The molecule has 188 valence electrons. The number of H-pyrrole nitrogens is 2. The lowest BCUT2D eigenvalue weighted by Crippen LogP contribution is -2.46. The number of halogens is 6. The summed E-state index contributed by atoms with van der Waals surface area (Å²) < 4.78 is 90.7. The predicted octanol–water partition coefficient (Wildman–Crippen LogP) is 4.25. The quantitative estimate of drug-likeness (QED) is 0.493. The van der Waals surface area contributed by atoms with Gasteiger partial charge in [0.2, 0.25) is 0 Å². The Balaban J connectivity index is 1.60. The highest BCUT2D eigenvalue weighted by molar-refractivity contribution is 5.33. The van der Waals surface area contributed by atoms with Crippen molar-refractivity contribution in [2.75, 3.05) is 13.2 Å². The van der Waals surface area contributed by atoms with E-state index in [0.29, 0.717) is 24.5 Å². The maximum atomic E-state index is 13.2. The van der Waals surface area contributed by atoms with Crippen molar-refractivity contribution in [3.05, 3.63) is 87.1 Å². The van der Waals surface area contributed by atoms with Crippen LogP contribution in [-0.2, 0) is 35.0 Å². The Morgan fingerprint density at radius 2 is 1.69 bits per heavy atom. The summed E-state index contributed by atoms with van der Waals surface area (Å²) in [5.41, 5.74) is -2.87. The number of benzene rings is 2. The zero-order valence-corrected chi connectivity index (χ0v) is 18.0. The average Bonchev–Trinajstić information content (AvgIpc) is 3.21. The fourth-order valence-corrected chi connectivity index (χ4v) is 3.88. The molecule has 2 N–H and O–H groups in total. The molecule has 0 saturated carbocycles. The first kappa shape index (κ1) is 24.9. The van der Waals surface area contributed by atoms with Gasteiger partial charge in [0, 0.05) is 6.54 Å². The predicted molar refractivity (Wildman–Crippen MR) is 110 cm³/mol. The summed E-state index contributed by atoms with van der Waals surface area (Å²) in [6.45, 7) is 0.243. The first-order valence-corrected chi connectivity index (χ1v) is 10.4. The van der Waals surface area contributed by atoms with E-state index < -0.39 is 48.1 Å². The van der Waals surface area contributed by atoms with E-state index in [4.69, 9.17) is 9.47 Å². The summed E-state index contributed by atoms with van der Waals surface area (Å²) >= 11 is 0. The van der Waals surface area contributed by atoms with Crippen molar-refractivity contribution < 1.29 is 35.8 Å². The molecule has 1 aliphatic rings. The zero-order chi connectivity index (χ0) is 25.2. The van der Waals surface area contributed by atoms with Crippen LogP contribution in [0.3, 0.4) is 0 Å². The summed E-state index contributed by atoms with van der Waals surface area (Å²) in [5.74, 6) is 0.351. The number of morpholine rings is 1. The van der Waals surface area contributed by atoms with Crippen molar-refractivity contribution in [2.24, 2.45) is 0 Å². The molecule has 0 amide bonds. The van der Waals surface area contributed by atoms with Gasteiger partial charge in [-0.2, -0.15) is 31.4 Å². The van der Waals surface area contributed by atoms with Gasteiger partial charge < -0.3 is 9.47 Å². The van der Waals surface area contributed by atoms with Crippen molar-refractivity contribution in [1.29, 1.82) is 0 Å². The second-order valence-corrected chi connectivity index (χ2v) is 7.91. The Morgan fingerprint density at radius 1 is 1.03 bits per heavy atom. The molecule has 1 fully saturated rings. The lowest BCUT2D eigenvalue weighted by atomic mass is 10.0. The molecule has 2 aromatic carbocycles. The van der Waals surface area contributed by atoms with Gasteiger partial charge in [-0.15, -0.1) is 0 Å². The van der Waals surface area contributed by atoms with Gasteiger partial charge in [-0.25, -0.2) is 9.89 Å². The van der Waals surface area contributed by atoms with Crippen molar-refractivity contribution >= 4 is 0 Å². The van der Waals surface area contributed by atoms with Crippen LogP contribution in [0.4, 0.5) is 26.3 Å². The summed E-state index contributed by atoms with van der Waals surface area (Å²) in [6.07, 6.45) is -10.9. The number of ether oxygens (including phenoxy) is 2. The highest BCUT2D eigenvalue weighted by atomic mass is 19.4. The first-order valence-electron chi connectivity index (χ1n) is 10.4. The second kappa shape index (κ2) is 9.84. The van der Waals surface area contributed by atoms with Crippen molar-refractivity contribution in [3.8, 4) is 0 Å². The third-order valence-corrected chi connectivity index (χ3v) is 5.42. The molecule has 3 aromatic rings. The maximum absolute atomic E-state index is 13.2. The number of aromatic nitrogens is 3. The molecule has 0 aliphatic carbocycles. The highest BCUT2D eigenvalue weighted by Gasteiger charge is 2.38. The number of hydrogen-bond donors (Lipinski definition) is 2. The number of hydrogen-bond acceptors (Lipinski definition) is 5. The van der Waals surface area contributed by atoms with Crippen LogP contribution in [0.15, 0.2) is 53.3 Å². The topological polar surface area (TPSA) is 83.2 Å². The van der Waals surface area contributed by atoms with Gasteiger partial charge in [0.05, 0.1) is 36.9 Å². The minimum atomic E-state index is -4.96. The van der Waals surface area contributed by atoms with Crippen LogP contribution in [0.5, 0.6) is 0 Å². The van der Waals surface area contributed by atoms with E-state index in [0.717, 1.165) is 5.56 Å². The van der Waals surface area contributed by atoms with E-state index in [1.54, 1.807) is 30.3 Å². The SMILES string of the molecule is O=c1[nH]nc(CN2CCO[C@H](OCc3cc(C(F)(F)F)cc(C(F)(F)F)c3)[C@H]2c2ccccc2)[nH]1. The van der Waals surface area contributed by atoms with E-state index >= 15 is 0 Å². The summed E-state index contributed by atoms with van der Waals surface area (Å²) in [5, 5.41) is 6.16. The molecule has 13 heteroatoms. The molecule has 7 nitrogen and oxygen atoms in total. The molecule has 0 radical (unpaired) electrons. The summed E-state index contributed by atoms with van der Waals surface area (Å²) in [7, 11) is 0. The minimum absolute atomic E-state index is 0.0692. The molecule has 1 aromatic heterocycles. The third kappa shape index (κ3) is 6.10. The summed E-state index contributed by atoms with van der Waals surface area (Å²) in [6, 6.07) is 9.68. The fourth-order valence-electron chi connectivity index (χ4n) is 3.88. The van der Waals surface area contributed by atoms with E-state index in [9.17, 15) is 31.1 Å². The van der Waals surface area contributed by atoms with Crippen LogP contribution in [0.1, 0.15) is 34.1 Å². The van der Waals surface area contributed by atoms with Gasteiger partial charge in [0.15, 0.2) is 6.29 Å². The molecular formula is C22H20F6N4O3. The molecule has 0 bridgehead atoms. The van der Waals surface area contributed by atoms with Crippen molar-refractivity contribution in [2.45, 2.75) is 37.8 Å². The fraction of sp³-hybridized carbons (Fsp3) is 0.364. The largest absolute Gasteiger partial charge is 0.416 e. The standard InChI is InChI=1S/C22H20F6N4O3/c23-21(24,25)15-8-13(9-16(10-15)22(26,27)28)12-35-19-18(14-4-2-1-3-5-14)32(6-7-34-19)11-17-29-20(33)31-30-17/h1-5,8-10,18-19H,6-7,11-12H2,(H2,29,30,31,33)/t18-,19-/m1/s1. The summed E-state index contributed by atoms with van der Waals surface area (Å²) in [4.78, 5) is 15.8. The van der Waals surface area contributed by atoms with Gasteiger partial charge in [0.1, 0.15) is 5.82 Å². The van der Waals surface area contributed by atoms with Gasteiger partial charge in [-0.1, -0.05) is 30.3 Å². The van der Waals surface area contributed by atoms with Crippen molar-refractivity contribution in [3.63, 3.8) is 0 Å². The van der Waals surface area contributed by atoms with Crippen molar-refractivity contribution in [1.82, 2.24) is 20.1 Å². The van der Waals surface area contributed by atoms with Crippen LogP contribution < -0.4 is 5.69 Å². The molecule has 0 spiro atoms. The third-order valence-electron chi connectivity index (χ3n) is 5.42. The Hall–Kier alpha value is -3.16. The van der Waals surface area contributed by atoms with E-state index in [-0.39, 0.29) is 24.8 Å². The molecule has 1 saturated heterocycles. The molecular weight excluding hydrogens is 482 g/mol. The molecule has 0 unspecified atom stereocenters. The van der Waals surface area contributed by atoms with Gasteiger partial charge >= 0.3 is 18.0 Å². The molecule has 2 heterocycles. The Bertz CT molecular complexity index is 1160.